The molecule has 0 aromatic heterocycles. The molecule has 1 saturated heterocycles. The standard InChI is InChI=1S/C8H15NO7/c9-2-4(11)6-5(12)3(10)1-8(15,16-6)7(13)14/h3-6,10-12,15H,1-2,9H2,(H,13,14)/t3-,4-,5-,6?,8-/m1/s1. The maximum absolute atomic E-state index is 10.7. The number of aliphatic carboxylic acids is 1. The minimum atomic E-state index is -2.63. The third-order valence-electron chi connectivity index (χ3n) is 2.50. The van der Waals surface area contributed by atoms with E-state index >= 15 is 0 Å². The van der Waals surface area contributed by atoms with Crippen LogP contribution in [0.1, 0.15) is 6.42 Å². The minimum Gasteiger partial charge on any atom is -0.477 e. The first-order chi connectivity index (χ1) is 7.31. The number of hydrogen-bond donors (Lipinski definition) is 6. The van der Waals surface area contributed by atoms with Crippen molar-refractivity contribution in [2.45, 2.75) is 36.6 Å². The van der Waals surface area contributed by atoms with Gasteiger partial charge in [-0.25, -0.2) is 4.79 Å². The van der Waals surface area contributed by atoms with Crippen LogP contribution in [0.15, 0.2) is 0 Å². The van der Waals surface area contributed by atoms with Gasteiger partial charge in [-0.05, 0) is 0 Å². The van der Waals surface area contributed by atoms with Gasteiger partial charge in [0.2, 0.25) is 0 Å². The quantitative estimate of drug-likeness (QED) is 0.297. The second-order valence-electron chi connectivity index (χ2n) is 3.74. The first kappa shape index (κ1) is 13.3. The van der Waals surface area contributed by atoms with Crippen LogP contribution in [-0.2, 0) is 9.53 Å². The van der Waals surface area contributed by atoms with Gasteiger partial charge in [-0.3, -0.25) is 0 Å². The van der Waals surface area contributed by atoms with E-state index < -0.39 is 42.6 Å². The number of carbonyl (C=O) groups is 1. The highest BCUT2D eigenvalue weighted by molar-refractivity contribution is 5.75. The fourth-order valence-corrected chi connectivity index (χ4v) is 1.54. The van der Waals surface area contributed by atoms with E-state index in [0.29, 0.717) is 0 Å². The molecule has 1 fully saturated rings. The molecule has 8 heteroatoms. The van der Waals surface area contributed by atoms with Crippen LogP contribution in [0.4, 0.5) is 0 Å². The van der Waals surface area contributed by atoms with E-state index in [1.165, 1.54) is 0 Å². The monoisotopic (exact) mass is 237 g/mol. The summed E-state index contributed by atoms with van der Waals surface area (Å²) in [5, 5.41) is 46.4. The Morgan fingerprint density at radius 3 is 2.56 bits per heavy atom. The van der Waals surface area contributed by atoms with Gasteiger partial charge in [-0.2, -0.15) is 0 Å². The largest absolute Gasteiger partial charge is 0.477 e. The molecule has 1 rings (SSSR count). The average Bonchev–Trinajstić information content (AvgIpc) is 2.22. The molecule has 0 amide bonds. The van der Waals surface area contributed by atoms with Crippen LogP contribution in [0.2, 0.25) is 0 Å². The molecule has 1 unspecified atom stereocenters. The van der Waals surface area contributed by atoms with Crippen LogP contribution in [0.25, 0.3) is 0 Å². The summed E-state index contributed by atoms with van der Waals surface area (Å²) in [7, 11) is 0. The Bertz CT molecular complexity index is 273. The minimum absolute atomic E-state index is 0.301. The van der Waals surface area contributed by atoms with Gasteiger partial charge in [-0.1, -0.05) is 0 Å². The maximum atomic E-state index is 10.7. The highest BCUT2D eigenvalue weighted by Crippen LogP contribution is 2.29. The summed E-state index contributed by atoms with van der Waals surface area (Å²) in [6, 6.07) is 0. The van der Waals surface area contributed by atoms with Gasteiger partial charge in [0.15, 0.2) is 0 Å². The molecule has 8 nitrogen and oxygen atoms in total. The van der Waals surface area contributed by atoms with E-state index in [9.17, 15) is 25.2 Å². The molecule has 1 aliphatic rings. The van der Waals surface area contributed by atoms with Crippen LogP contribution in [-0.4, -0.2) is 68.2 Å². The average molecular weight is 237 g/mol. The first-order valence-electron chi connectivity index (χ1n) is 4.69. The number of nitrogens with two attached hydrogens (primary N) is 1. The summed E-state index contributed by atoms with van der Waals surface area (Å²) in [5.74, 6) is -4.33. The van der Waals surface area contributed by atoms with Crippen molar-refractivity contribution < 1.29 is 35.1 Å². The maximum Gasteiger partial charge on any atom is 0.364 e. The molecule has 0 aliphatic carbocycles. The van der Waals surface area contributed by atoms with Crippen molar-refractivity contribution in [3.05, 3.63) is 0 Å². The zero-order valence-corrected chi connectivity index (χ0v) is 8.35. The lowest BCUT2D eigenvalue weighted by Crippen LogP contribution is -2.62. The Hall–Kier alpha value is -0.770. The molecule has 7 N–H and O–H groups in total. The van der Waals surface area contributed by atoms with Gasteiger partial charge in [0.1, 0.15) is 12.2 Å². The molecule has 5 atom stereocenters. The number of carboxylic acid groups (broad SMARTS) is 1. The topological polar surface area (TPSA) is 153 Å². The molecule has 0 radical (unpaired) electrons. The summed E-state index contributed by atoms with van der Waals surface area (Å²) >= 11 is 0. The van der Waals surface area contributed by atoms with E-state index in [1.807, 2.05) is 0 Å². The van der Waals surface area contributed by atoms with Gasteiger partial charge < -0.3 is 36.0 Å². The number of aliphatic hydroxyl groups excluding tert-OH is 3. The molecule has 0 aromatic carbocycles. The van der Waals surface area contributed by atoms with Gasteiger partial charge in [-0.15, -0.1) is 0 Å². The van der Waals surface area contributed by atoms with E-state index in [2.05, 4.69) is 4.74 Å². The molecule has 1 aliphatic heterocycles. The Labute approximate surface area is 90.9 Å². The van der Waals surface area contributed by atoms with Crippen molar-refractivity contribution >= 4 is 5.97 Å². The summed E-state index contributed by atoms with van der Waals surface area (Å²) in [5.41, 5.74) is 5.12. The normalized spacial score (nSPS) is 41.7. The Morgan fingerprint density at radius 2 is 2.12 bits per heavy atom. The van der Waals surface area contributed by atoms with E-state index in [4.69, 9.17) is 10.8 Å². The second-order valence-corrected chi connectivity index (χ2v) is 3.74. The molecule has 16 heavy (non-hydrogen) atoms. The van der Waals surface area contributed by atoms with Crippen molar-refractivity contribution in [3.63, 3.8) is 0 Å². The van der Waals surface area contributed by atoms with Gasteiger partial charge in [0.25, 0.3) is 5.79 Å². The van der Waals surface area contributed by atoms with Crippen molar-refractivity contribution in [3.8, 4) is 0 Å². The van der Waals surface area contributed by atoms with Crippen molar-refractivity contribution in [1.29, 1.82) is 0 Å². The Kier molecular flexibility index (Phi) is 3.84. The summed E-state index contributed by atoms with van der Waals surface area (Å²) in [6.45, 7) is -0.301. The smallest absolute Gasteiger partial charge is 0.364 e. The number of rotatable bonds is 3. The van der Waals surface area contributed by atoms with E-state index in [-0.39, 0.29) is 6.54 Å². The van der Waals surface area contributed by atoms with Gasteiger partial charge in [0, 0.05) is 13.0 Å². The number of ether oxygens (including phenoxy) is 1. The van der Waals surface area contributed by atoms with Crippen molar-refractivity contribution in [1.82, 2.24) is 0 Å². The molecule has 1 heterocycles. The van der Waals surface area contributed by atoms with Gasteiger partial charge >= 0.3 is 5.97 Å². The molecule has 0 bridgehead atoms. The predicted octanol–water partition coefficient (Wildman–Crippen LogP) is -3.41. The van der Waals surface area contributed by atoms with Gasteiger partial charge in [0.05, 0.1) is 12.2 Å². The van der Waals surface area contributed by atoms with E-state index in [0.717, 1.165) is 0 Å². The summed E-state index contributed by atoms with van der Waals surface area (Å²) in [4.78, 5) is 10.7. The lowest BCUT2D eigenvalue weighted by atomic mass is 9.92. The molecular formula is C8H15NO7. The molecule has 94 valence electrons. The fraction of sp³-hybridized carbons (Fsp3) is 0.875. The highest BCUT2D eigenvalue weighted by atomic mass is 16.7. The lowest BCUT2D eigenvalue weighted by molar-refractivity contribution is -0.306. The summed E-state index contributed by atoms with van der Waals surface area (Å²) in [6.07, 6.45) is -6.53. The van der Waals surface area contributed by atoms with Crippen LogP contribution in [0.5, 0.6) is 0 Å². The van der Waals surface area contributed by atoms with Crippen molar-refractivity contribution in [2.75, 3.05) is 6.54 Å². The number of aliphatic hydroxyl groups is 4. The van der Waals surface area contributed by atoms with Crippen LogP contribution in [0.3, 0.4) is 0 Å². The fourth-order valence-electron chi connectivity index (χ4n) is 1.54. The SMILES string of the molecule is NC[C@@H](O)C1O[C@@](O)(C(=O)O)C[C@@H](O)[C@H]1O. The third kappa shape index (κ3) is 2.32. The highest BCUT2D eigenvalue weighted by Gasteiger charge is 2.51. The van der Waals surface area contributed by atoms with Crippen LogP contribution >= 0.6 is 0 Å². The molecule has 0 aromatic rings. The zero-order chi connectivity index (χ0) is 12.5. The summed E-state index contributed by atoms with van der Waals surface area (Å²) < 4.78 is 4.69. The number of carboxylic acids is 1. The second kappa shape index (κ2) is 4.62. The first-order valence-corrected chi connectivity index (χ1v) is 4.69. The predicted molar refractivity (Wildman–Crippen MR) is 49.2 cm³/mol. The zero-order valence-electron chi connectivity index (χ0n) is 8.35. The van der Waals surface area contributed by atoms with Crippen molar-refractivity contribution in [2.24, 2.45) is 5.73 Å². The van der Waals surface area contributed by atoms with E-state index in [1.54, 1.807) is 0 Å². The Morgan fingerprint density at radius 1 is 1.56 bits per heavy atom. The Balaban J connectivity index is 2.89. The molecule has 0 spiro atoms. The van der Waals surface area contributed by atoms with Crippen LogP contribution < -0.4 is 5.73 Å². The van der Waals surface area contributed by atoms with Crippen LogP contribution in [0, 0.1) is 0 Å². The lowest BCUT2D eigenvalue weighted by Gasteiger charge is -2.41. The molecule has 0 saturated carbocycles. The molecular weight excluding hydrogens is 222 g/mol. The third-order valence-corrected chi connectivity index (χ3v) is 2.50. The number of hydrogen-bond acceptors (Lipinski definition) is 7.